The summed E-state index contributed by atoms with van der Waals surface area (Å²) in [6.07, 6.45) is 1.43. The van der Waals surface area contributed by atoms with E-state index < -0.39 is 15.7 Å². The van der Waals surface area contributed by atoms with Crippen molar-refractivity contribution < 1.29 is 9.13 Å². The molecule has 0 aromatic heterocycles. The molecule has 18 heavy (non-hydrogen) atoms. The number of non-ortho nitro benzene ring substituents is 1. The minimum atomic E-state index is -0.869. The van der Waals surface area contributed by atoms with Crippen LogP contribution in [0, 0.1) is 10.1 Å². The molecule has 0 fully saturated rings. The molecular formula is C12H18N2O3S. The summed E-state index contributed by atoms with van der Waals surface area (Å²) in [6.45, 7) is 1.90. The Labute approximate surface area is 109 Å². The molecule has 1 rings (SSSR count). The van der Waals surface area contributed by atoms with E-state index in [-0.39, 0.29) is 11.7 Å². The van der Waals surface area contributed by atoms with Crippen molar-refractivity contribution in [1.82, 2.24) is 0 Å². The summed E-state index contributed by atoms with van der Waals surface area (Å²) >= 11 is 0. The molecule has 2 N–H and O–H groups in total. The van der Waals surface area contributed by atoms with Crippen molar-refractivity contribution in [1.29, 1.82) is 0 Å². The van der Waals surface area contributed by atoms with Crippen LogP contribution >= 0.6 is 0 Å². The van der Waals surface area contributed by atoms with E-state index in [1.54, 1.807) is 12.1 Å². The average Bonchev–Trinajstić information content (AvgIpc) is 2.34. The maximum Gasteiger partial charge on any atom is 0.269 e. The zero-order valence-corrected chi connectivity index (χ0v) is 11.2. The van der Waals surface area contributed by atoms with E-state index in [1.807, 2.05) is 6.92 Å². The van der Waals surface area contributed by atoms with E-state index in [4.69, 9.17) is 5.73 Å². The number of aryl methyl sites for hydroxylation is 1. The number of nitro benzene ring substituents is 1. The molecule has 2 atom stereocenters. The zero-order valence-electron chi connectivity index (χ0n) is 10.4. The van der Waals surface area contributed by atoms with Crippen LogP contribution in [0.15, 0.2) is 24.3 Å². The Bertz CT molecular complexity index is 418. The Morgan fingerprint density at radius 3 is 2.44 bits per heavy atom. The predicted octanol–water partition coefficient (Wildman–Crippen LogP) is 1.62. The lowest BCUT2D eigenvalue weighted by Crippen LogP contribution is -2.19. The van der Waals surface area contributed by atoms with Gasteiger partial charge >= 0.3 is 0 Å². The minimum absolute atomic E-state index is 0.0772. The van der Waals surface area contributed by atoms with Crippen LogP contribution in [0.25, 0.3) is 0 Å². The zero-order chi connectivity index (χ0) is 13.5. The van der Waals surface area contributed by atoms with Crippen LogP contribution in [0.4, 0.5) is 5.69 Å². The topological polar surface area (TPSA) is 86.2 Å². The first-order valence-corrected chi connectivity index (χ1v) is 7.31. The Morgan fingerprint density at radius 2 is 1.94 bits per heavy atom. The van der Waals surface area contributed by atoms with Gasteiger partial charge in [-0.2, -0.15) is 0 Å². The van der Waals surface area contributed by atoms with Gasteiger partial charge in [-0.15, -0.1) is 0 Å². The molecule has 0 spiro atoms. The van der Waals surface area contributed by atoms with E-state index in [2.05, 4.69) is 0 Å². The highest BCUT2D eigenvalue weighted by Gasteiger charge is 2.06. The monoisotopic (exact) mass is 270 g/mol. The van der Waals surface area contributed by atoms with Crippen LogP contribution in [-0.2, 0) is 17.2 Å². The highest BCUT2D eigenvalue weighted by molar-refractivity contribution is 7.84. The summed E-state index contributed by atoms with van der Waals surface area (Å²) in [5.41, 5.74) is 6.64. The van der Waals surface area contributed by atoms with Gasteiger partial charge in [-0.1, -0.05) is 12.1 Å². The second-order valence-electron chi connectivity index (χ2n) is 4.29. The number of nitrogens with two attached hydrogens (primary N) is 1. The molecule has 6 heteroatoms. The van der Waals surface area contributed by atoms with Crippen LogP contribution in [0.5, 0.6) is 0 Å². The summed E-state index contributed by atoms with van der Waals surface area (Å²) in [7, 11) is -0.869. The van der Waals surface area contributed by atoms with E-state index in [9.17, 15) is 14.3 Å². The van der Waals surface area contributed by atoms with Gasteiger partial charge in [0.25, 0.3) is 5.69 Å². The quantitative estimate of drug-likeness (QED) is 0.602. The molecule has 0 radical (unpaired) electrons. The SMILES string of the molecule is CC(N)CCS(=O)CCc1ccc([N+](=O)[O-])cc1. The smallest absolute Gasteiger partial charge is 0.269 e. The molecule has 0 aliphatic carbocycles. The molecule has 0 amide bonds. The van der Waals surface area contributed by atoms with Crippen LogP contribution in [0.1, 0.15) is 18.9 Å². The fourth-order valence-corrected chi connectivity index (χ4v) is 2.74. The van der Waals surface area contributed by atoms with Crippen molar-refractivity contribution in [3.63, 3.8) is 0 Å². The van der Waals surface area contributed by atoms with Gasteiger partial charge in [0.05, 0.1) is 4.92 Å². The Balaban J connectivity index is 2.39. The van der Waals surface area contributed by atoms with Crippen LogP contribution in [-0.4, -0.2) is 26.7 Å². The van der Waals surface area contributed by atoms with Crippen molar-refractivity contribution in [3.05, 3.63) is 39.9 Å². The van der Waals surface area contributed by atoms with Crippen molar-refractivity contribution in [2.45, 2.75) is 25.8 Å². The van der Waals surface area contributed by atoms with Gasteiger partial charge in [0.2, 0.25) is 0 Å². The lowest BCUT2D eigenvalue weighted by atomic mass is 10.1. The summed E-state index contributed by atoms with van der Waals surface area (Å²) in [5, 5.41) is 10.5. The summed E-state index contributed by atoms with van der Waals surface area (Å²) < 4.78 is 11.6. The third kappa shape index (κ3) is 5.37. The van der Waals surface area contributed by atoms with Crippen molar-refractivity contribution in [2.75, 3.05) is 11.5 Å². The van der Waals surface area contributed by atoms with E-state index in [0.29, 0.717) is 17.9 Å². The average molecular weight is 270 g/mol. The van der Waals surface area contributed by atoms with Gasteiger partial charge in [-0.05, 0) is 25.3 Å². The number of rotatable bonds is 7. The van der Waals surface area contributed by atoms with Crippen LogP contribution in [0.2, 0.25) is 0 Å². The van der Waals surface area contributed by atoms with Gasteiger partial charge in [0, 0.05) is 40.5 Å². The molecule has 0 aliphatic heterocycles. The third-order valence-electron chi connectivity index (χ3n) is 2.57. The standard InChI is InChI=1S/C12H18N2O3S/c1-10(13)6-8-18(17)9-7-11-2-4-12(5-3-11)14(15)16/h2-5,10H,6-9,13H2,1H3. The van der Waals surface area contributed by atoms with E-state index in [1.165, 1.54) is 12.1 Å². The largest absolute Gasteiger partial charge is 0.328 e. The number of nitro groups is 1. The normalized spacial score (nSPS) is 14.1. The highest BCUT2D eigenvalue weighted by Crippen LogP contribution is 2.12. The number of hydrogen-bond acceptors (Lipinski definition) is 4. The molecule has 0 saturated carbocycles. The number of hydrogen-bond donors (Lipinski definition) is 1. The molecule has 0 saturated heterocycles. The van der Waals surface area contributed by atoms with E-state index >= 15 is 0 Å². The Kier molecular flexibility index (Phi) is 5.94. The van der Waals surface area contributed by atoms with Crippen LogP contribution in [0.3, 0.4) is 0 Å². The van der Waals surface area contributed by atoms with Crippen molar-refractivity contribution >= 4 is 16.5 Å². The van der Waals surface area contributed by atoms with Gasteiger partial charge in [-0.25, -0.2) is 0 Å². The molecule has 2 unspecified atom stereocenters. The maximum atomic E-state index is 11.6. The van der Waals surface area contributed by atoms with E-state index in [0.717, 1.165) is 12.0 Å². The third-order valence-corrected chi connectivity index (χ3v) is 3.92. The molecular weight excluding hydrogens is 252 g/mol. The van der Waals surface area contributed by atoms with Crippen LogP contribution < -0.4 is 5.73 Å². The molecule has 0 aliphatic rings. The molecule has 0 bridgehead atoms. The second-order valence-corrected chi connectivity index (χ2v) is 5.98. The summed E-state index contributed by atoms with van der Waals surface area (Å²) in [4.78, 5) is 10.0. The summed E-state index contributed by atoms with van der Waals surface area (Å²) in [6, 6.07) is 6.44. The first kappa shape index (κ1) is 14.8. The first-order chi connectivity index (χ1) is 8.49. The molecule has 0 heterocycles. The summed E-state index contributed by atoms with van der Waals surface area (Å²) in [5.74, 6) is 1.19. The van der Waals surface area contributed by atoms with Gasteiger partial charge in [-0.3, -0.25) is 14.3 Å². The fraction of sp³-hybridized carbons (Fsp3) is 0.500. The Morgan fingerprint density at radius 1 is 1.33 bits per heavy atom. The Hall–Kier alpha value is -1.27. The first-order valence-electron chi connectivity index (χ1n) is 5.83. The molecule has 1 aromatic rings. The lowest BCUT2D eigenvalue weighted by molar-refractivity contribution is -0.384. The highest BCUT2D eigenvalue weighted by atomic mass is 32.2. The van der Waals surface area contributed by atoms with Crippen molar-refractivity contribution in [3.8, 4) is 0 Å². The van der Waals surface area contributed by atoms with Crippen molar-refractivity contribution in [2.24, 2.45) is 5.73 Å². The van der Waals surface area contributed by atoms with Gasteiger partial charge < -0.3 is 5.73 Å². The fourth-order valence-electron chi connectivity index (χ4n) is 1.44. The van der Waals surface area contributed by atoms with Gasteiger partial charge in [0.1, 0.15) is 0 Å². The number of benzene rings is 1. The van der Waals surface area contributed by atoms with Gasteiger partial charge in [0.15, 0.2) is 0 Å². The molecule has 100 valence electrons. The number of nitrogens with zero attached hydrogens (tertiary/aromatic N) is 1. The predicted molar refractivity (Wildman–Crippen MR) is 72.9 cm³/mol. The minimum Gasteiger partial charge on any atom is -0.328 e. The molecule has 5 nitrogen and oxygen atoms in total. The lowest BCUT2D eigenvalue weighted by Gasteiger charge is -2.05. The maximum absolute atomic E-state index is 11.6. The second kappa shape index (κ2) is 7.23. The molecule has 1 aromatic carbocycles.